The Balaban J connectivity index is 2.00. The molecule has 4 heteroatoms. The molecule has 0 bridgehead atoms. The number of aliphatic imine (C=N–C) groups is 1. The van der Waals surface area contributed by atoms with Crippen molar-refractivity contribution in [2.45, 2.75) is 25.8 Å². The lowest BCUT2D eigenvalue weighted by Crippen LogP contribution is -2.44. The molecule has 2 aliphatic rings. The summed E-state index contributed by atoms with van der Waals surface area (Å²) in [5.41, 5.74) is 0. The minimum absolute atomic E-state index is 0.0447. The third kappa shape index (κ3) is 1.58. The fourth-order valence-electron chi connectivity index (χ4n) is 1.91. The first-order valence-corrected chi connectivity index (χ1v) is 4.85. The quantitative estimate of drug-likeness (QED) is 0.619. The van der Waals surface area contributed by atoms with Gasteiger partial charge in [-0.2, -0.15) is 0 Å². The van der Waals surface area contributed by atoms with E-state index in [4.69, 9.17) is 0 Å². The van der Waals surface area contributed by atoms with Gasteiger partial charge in [0.25, 0.3) is 0 Å². The Bertz CT molecular complexity index is 243. The number of carbonyl (C=O) groups is 1. The number of rotatable bonds is 1. The number of amidine groups is 1. The lowest BCUT2D eigenvalue weighted by Gasteiger charge is -2.20. The fraction of sp³-hybridized carbons (Fsp3) is 0.778. The van der Waals surface area contributed by atoms with Crippen molar-refractivity contribution in [3.63, 3.8) is 0 Å². The maximum atomic E-state index is 11.8. The topological polar surface area (TPSA) is 44.7 Å². The minimum Gasteiger partial charge on any atom is -0.306 e. The zero-order valence-corrected chi connectivity index (χ0v) is 7.92. The van der Waals surface area contributed by atoms with Crippen LogP contribution in [0, 0.1) is 0 Å². The summed E-state index contributed by atoms with van der Waals surface area (Å²) in [6.07, 6.45) is 2.09. The molecule has 1 fully saturated rings. The summed E-state index contributed by atoms with van der Waals surface area (Å²) >= 11 is 0. The normalized spacial score (nSPS) is 27.9. The second-order valence-corrected chi connectivity index (χ2v) is 3.57. The smallest absolute Gasteiger partial charge is 0.245 e. The van der Waals surface area contributed by atoms with Crippen molar-refractivity contribution in [3.05, 3.63) is 0 Å². The van der Waals surface area contributed by atoms with Crippen molar-refractivity contribution >= 4 is 11.7 Å². The Morgan fingerprint density at radius 2 is 2.54 bits per heavy atom. The summed E-state index contributed by atoms with van der Waals surface area (Å²) in [7, 11) is 0. The predicted molar refractivity (Wildman–Crippen MR) is 50.7 cm³/mol. The van der Waals surface area contributed by atoms with Crippen LogP contribution in [0.3, 0.4) is 0 Å². The molecule has 2 rings (SSSR count). The molecule has 13 heavy (non-hydrogen) atoms. The SMILES string of the molecule is CC1=NCCN1C(=O)[C@@H]1CCCN1. The number of hydrogen-bond donors (Lipinski definition) is 1. The molecule has 1 amide bonds. The van der Waals surface area contributed by atoms with E-state index in [1.54, 1.807) is 4.90 Å². The average Bonchev–Trinajstić information content (AvgIpc) is 2.72. The van der Waals surface area contributed by atoms with Crippen LogP contribution < -0.4 is 5.32 Å². The van der Waals surface area contributed by atoms with Crippen LogP contribution in [0.5, 0.6) is 0 Å². The Labute approximate surface area is 78.0 Å². The largest absolute Gasteiger partial charge is 0.306 e. The van der Waals surface area contributed by atoms with Gasteiger partial charge in [0.05, 0.1) is 12.6 Å². The second kappa shape index (κ2) is 3.46. The third-order valence-electron chi connectivity index (χ3n) is 2.68. The highest BCUT2D eigenvalue weighted by Crippen LogP contribution is 2.11. The zero-order valence-electron chi connectivity index (χ0n) is 7.92. The molecule has 0 aliphatic carbocycles. The number of nitrogens with one attached hydrogen (secondary N) is 1. The van der Waals surface area contributed by atoms with E-state index in [-0.39, 0.29) is 11.9 Å². The van der Waals surface area contributed by atoms with Crippen molar-refractivity contribution in [3.8, 4) is 0 Å². The molecule has 0 saturated carbocycles. The van der Waals surface area contributed by atoms with Gasteiger partial charge in [-0.1, -0.05) is 0 Å². The van der Waals surface area contributed by atoms with Crippen LogP contribution in [0.4, 0.5) is 0 Å². The molecule has 1 atom stereocenters. The molecule has 0 spiro atoms. The summed E-state index contributed by atoms with van der Waals surface area (Å²) in [6, 6.07) is 0.0447. The van der Waals surface area contributed by atoms with E-state index in [0.29, 0.717) is 0 Å². The van der Waals surface area contributed by atoms with E-state index in [1.165, 1.54) is 0 Å². The number of carbonyl (C=O) groups excluding carboxylic acids is 1. The second-order valence-electron chi connectivity index (χ2n) is 3.57. The molecule has 0 aromatic carbocycles. The van der Waals surface area contributed by atoms with E-state index in [9.17, 15) is 4.79 Å². The number of amides is 1. The van der Waals surface area contributed by atoms with Gasteiger partial charge in [0.2, 0.25) is 5.91 Å². The van der Waals surface area contributed by atoms with Gasteiger partial charge in [-0.15, -0.1) is 0 Å². The summed E-state index contributed by atoms with van der Waals surface area (Å²) in [5.74, 6) is 1.08. The summed E-state index contributed by atoms with van der Waals surface area (Å²) in [5, 5.41) is 3.21. The standard InChI is InChI=1S/C9H15N3O/c1-7-10-5-6-12(7)9(13)8-3-2-4-11-8/h8,11H,2-6H2,1H3/t8-/m0/s1. The van der Waals surface area contributed by atoms with Crippen molar-refractivity contribution in [1.82, 2.24) is 10.2 Å². The van der Waals surface area contributed by atoms with Crippen LogP contribution in [-0.4, -0.2) is 42.3 Å². The first-order valence-electron chi connectivity index (χ1n) is 4.85. The fourth-order valence-corrected chi connectivity index (χ4v) is 1.91. The summed E-state index contributed by atoms with van der Waals surface area (Å²) in [4.78, 5) is 17.8. The highest BCUT2D eigenvalue weighted by atomic mass is 16.2. The van der Waals surface area contributed by atoms with Gasteiger partial charge in [0.15, 0.2) is 0 Å². The van der Waals surface area contributed by atoms with Gasteiger partial charge in [-0.25, -0.2) is 0 Å². The molecule has 1 saturated heterocycles. The molecule has 4 nitrogen and oxygen atoms in total. The lowest BCUT2D eigenvalue weighted by atomic mass is 10.2. The number of nitrogens with zero attached hydrogens (tertiary/aromatic N) is 2. The van der Waals surface area contributed by atoms with E-state index in [2.05, 4.69) is 10.3 Å². The van der Waals surface area contributed by atoms with E-state index in [1.807, 2.05) is 6.92 Å². The monoisotopic (exact) mass is 181 g/mol. The van der Waals surface area contributed by atoms with Crippen LogP contribution in [0.1, 0.15) is 19.8 Å². The molecule has 0 radical (unpaired) electrons. The van der Waals surface area contributed by atoms with E-state index in [0.717, 1.165) is 38.3 Å². The molecule has 2 aliphatic heterocycles. The molecule has 1 N–H and O–H groups in total. The maximum Gasteiger partial charge on any atom is 0.245 e. The Kier molecular flexibility index (Phi) is 2.31. The average molecular weight is 181 g/mol. The van der Waals surface area contributed by atoms with Crippen molar-refractivity contribution in [1.29, 1.82) is 0 Å². The molecular weight excluding hydrogens is 166 g/mol. The molecule has 2 heterocycles. The van der Waals surface area contributed by atoms with Gasteiger partial charge in [0.1, 0.15) is 5.84 Å². The summed E-state index contributed by atoms with van der Waals surface area (Å²) < 4.78 is 0. The van der Waals surface area contributed by atoms with Gasteiger partial charge in [-0.3, -0.25) is 14.7 Å². The Hall–Kier alpha value is -0.900. The zero-order chi connectivity index (χ0) is 9.26. The molecular formula is C9H15N3O. The first kappa shape index (κ1) is 8.69. The van der Waals surface area contributed by atoms with E-state index < -0.39 is 0 Å². The maximum absolute atomic E-state index is 11.8. The molecule has 72 valence electrons. The Morgan fingerprint density at radius 3 is 3.08 bits per heavy atom. The van der Waals surface area contributed by atoms with Gasteiger partial charge in [0, 0.05) is 6.54 Å². The van der Waals surface area contributed by atoms with Crippen LogP contribution in [-0.2, 0) is 4.79 Å². The van der Waals surface area contributed by atoms with Crippen molar-refractivity contribution in [2.24, 2.45) is 4.99 Å². The van der Waals surface area contributed by atoms with Gasteiger partial charge in [-0.05, 0) is 26.3 Å². The van der Waals surface area contributed by atoms with Crippen molar-refractivity contribution in [2.75, 3.05) is 19.6 Å². The predicted octanol–water partition coefficient (Wildman–Crippen LogP) is -0.00100. The third-order valence-corrected chi connectivity index (χ3v) is 2.68. The van der Waals surface area contributed by atoms with Crippen LogP contribution in [0.25, 0.3) is 0 Å². The van der Waals surface area contributed by atoms with Crippen LogP contribution >= 0.6 is 0 Å². The lowest BCUT2D eigenvalue weighted by molar-refractivity contribution is -0.128. The van der Waals surface area contributed by atoms with Gasteiger partial charge < -0.3 is 5.32 Å². The molecule has 0 unspecified atom stereocenters. The highest BCUT2D eigenvalue weighted by molar-refractivity contribution is 6.00. The highest BCUT2D eigenvalue weighted by Gasteiger charge is 2.29. The van der Waals surface area contributed by atoms with E-state index >= 15 is 0 Å². The van der Waals surface area contributed by atoms with Crippen LogP contribution in [0.15, 0.2) is 4.99 Å². The molecule has 0 aromatic heterocycles. The first-order chi connectivity index (χ1) is 6.29. The number of hydrogen-bond acceptors (Lipinski definition) is 3. The minimum atomic E-state index is 0.0447. The Morgan fingerprint density at radius 1 is 1.69 bits per heavy atom. The van der Waals surface area contributed by atoms with Gasteiger partial charge >= 0.3 is 0 Å². The summed E-state index contributed by atoms with van der Waals surface area (Å²) in [6.45, 7) is 4.41. The molecule has 0 aromatic rings. The van der Waals surface area contributed by atoms with Crippen LogP contribution in [0.2, 0.25) is 0 Å². The van der Waals surface area contributed by atoms with Crippen molar-refractivity contribution < 1.29 is 4.79 Å².